The van der Waals surface area contributed by atoms with Gasteiger partial charge in [-0.3, -0.25) is 9.59 Å². The van der Waals surface area contributed by atoms with Crippen molar-refractivity contribution in [2.45, 2.75) is 119 Å². The van der Waals surface area contributed by atoms with Crippen molar-refractivity contribution in [1.82, 2.24) is 0 Å². The summed E-state index contributed by atoms with van der Waals surface area (Å²) in [6.07, 6.45) is 13.6. The molecule has 1 rings (SSSR count). The van der Waals surface area contributed by atoms with E-state index in [4.69, 9.17) is 9.47 Å². The van der Waals surface area contributed by atoms with Gasteiger partial charge in [-0.15, -0.1) is 0 Å². The van der Waals surface area contributed by atoms with Crippen molar-refractivity contribution in [3.05, 3.63) is 11.1 Å². The number of rotatable bonds is 14. The SMILES string of the molecule is CCOC(=O)C(C)(C)CCCCC1=C(CCCCC(C)(C)C(=O)OCC)CCCC1. The molecular weight excluding hydrogens is 376 g/mol. The number of hydrogen-bond donors (Lipinski definition) is 0. The molecule has 4 heteroatoms. The van der Waals surface area contributed by atoms with Crippen LogP contribution >= 0.6 is 0 Å². The van der Waals surface area contributed by atoms with E-state index < -0.39 is 0 Å². The molecular formula is C26H46O4. The van der Waals surface area contributed by atoms with Crippen molar-refractivity contribution in [3.63, 3.8) is 0 Å². The summed E-state index contributed by atoms with van der Waals surface area (Å²) < 4.78 is 10.4. The first-order chi connectivity index (χ1) is 14.1. The molecule has 174 valence electrons. The molecule has 0 N–H and O–H groups in total. The summed E-state index contributed by atoms with van der Waals surface area (Å²) in [5.41, 5.74) is 2.57. The molecule has 1 aliphatic carbocycles. The van der Waals surface area contributed by atoms with Crippen LogP contribution in [0.15, 0.2) is 11.1 Å². The summed E-state index contributed by atoms with van der Waals surface area (Å²) in [6.45, 7) is 12.6. The van der Waals surface area contributed by atoms with Gasteiger partial charge < -0.3 is 9.47 Å². The van der Waals surface area contributed by atoms with E-state index in [0.717, 1.165) is 38.5 Å². The fourth-order valence-corrected chi connectivity index (χ4v) is 4.30. The van der Waals surface area contributed by atoms with Gasteiger partial charge >= 0.3 is 11.9 Å². The van der Waals surface area contributed by atoms with Crippen LogP contribution in [0, 0.1) is 10.8 Å². The van der Waals surface area contributed by atoms with Crippen molar-refractivity contribution in [2.24, 2.45) is 10.8 Å². The Balaban J connectivity index is 2.44. The molecule has 0 spiro atoms. The maximum Gasteiger partial charge on any atom is 0.311 e. The molecule has 0 saturated heterocycles. The van der Waals surface area contributed by atoms with Crippen molar-refractivity contribution >= 4 is 11.9 Å². The molecule has 4 nitrogen and oxygen atoms in total. The lowest BCUT2D eigenvalue weighted by molar-refractivity contribution is -0.154. The minimum absolute atomic E-state index is 0.0756. The van der Waals surface area contributed by atoms with Crippen LogP contribution in [0.25, 0.3) is 0 Å². The molecule has 0 saturated carbocycles. The summed E-state index contributed by atoms with van der Waals surface area (Å²) in [5, 5.41) is 0. The van der Waals surface area contributed by atoms with Gasteiger partial charge in [-0.1, -0.05) is 24.0 Å². The molecule has 0 fully saturated rings. The van der Waals surface area contributed by atoms with E-state index in [0.29, 0.717) is 13.2 Å². The zero-order valence-electron chi connectivity index (χ0n) is 20.5. The molecule has 30 heavy (non-hydrogen) atoms. The largest absolute Gasteiger partial charge is 0.466 e. The maximum absolute atomic E-state index is 12.0. The van der Waals surface area contributed by atoms with E-state index in [2.05, 4.69) is 0 Å². The van der Waals surface area contributed by atoms with Crippen molar-refractivity contribution in [3.8, 4) is 0 Å². The van der Waals surface area contributed by atoms with Gasteiger partial charge in [-0.25, -0.2) is 0 Å². The summed E-state index contributed by atoms with van der Waals surface area (Å²) in [4.78, 5) is 24.1. The Hall–Kier alpha value is -1.32. The van der Waals surface area contributed by atoms with E-state index in [1.54, 1.807) is 11.1 Å². The second kappa shape index (κ2) is 13.2. The van der Waals surface area contributed by atoms with Crippen LogP contribution in [0.5, 0.6) is 0 Å². The Bertz CT molecular complexity index is 522. The van der Waals surface area contributed by atoms with E-state index in [1.807, 2.05) is 41.5 Å². The molecule has 0 amide bonds. The molecule has 0 atom stereocenters. The van der Waals surface area contributed by atoms with Crippen LogP contribution < -0.4 is 0 Å². The standard InChI is InChI=1S/C26H46O4/c1-7-29-23(27)25(3,4)19-13-11-17-21-15-9-10-16-22(21)18-12-14-20-26(5,6)24(28)30-8-2/h7-20H2,1-6H3. The first kappa shape index (κ1) is 26.7. The average Bonchev–Trinajstić information content (AvgIpc) is 2.69. The zero-order valence-corrected chi connectivity index (χ0v) is 20.5. The van der Waals surface area contributed by atoms with E-state index in [9.17, 15) is 9.59 Å². The Morgan fingerprint density at radius 3 is 1.40 bits per heavy atom. The minimum atomic E-state index is -0.383. The second-order valence-electron chi connectivity index (χ2n) is 10.0. The van der Waals surface area contributed by atoms with Crippen LogP contribution in [-0.4, -0.2) is 25.2 Å². The van der Waals surface area contributed by atoms with Gasteiger partial charge in [0.25, 0.3) is 0 Å². The van der Waals surface area contributed by atoms with Crippen LogP contribution in [0.1, 0.15) is 119 Å². The number of allylic oxidation sites excluding steroid dienone is 2. The molecule has 0 heterocycles. The number of carbonyl (C=O) groups excluding carboxylic acids is 2. The Labute approximate surface area is 185 Å². The van der Waals surface area contributed by atoms with Crippen molar-refractivity contribution in [1.29, 1.82) is 0 Å². The smallest absolute Gasteiger partial charge is 0.311 e. The number of esters is 2. The number of hydrogen-bond acceptors (Lipinski definition) is 4. The van der Waals surface area contributed by atoms with Crippen LogP contribution in [0.3, 0.4) is 0 Å². The average molecular weight is 423 g/mol. The summed E-state index contributed by atoms with van der Waals surface area (Å²) in [7, 11) is 0. The Kier molecular flexibility index (Phi) is 11.7. The lowest BCUT2D eigenvalue weighted by Gasteiger charge is -2.24. The van der Waals surface area contributed by atoms with Crippen LogP contribution in [-0.2, 0) is 19.1 Å². The van der Waals surface area contributed by atoms with Gasteiger partial charge in [0.05, 0.1) is 24.0 Å². The topological polar surface area (TPSA) is 52.6 Å². The summed E-state index contributed by atoms with van der Waals surface area (Å²) in [6, 6.07) is 0. The van der Waals surface area contributed by atoms with E-state index >= 15 is 0 Å². The van der Waals surface area contributed by atoms with Gasteiger partial charge in [0.2, 0.25) is 0 Å². The number of carbonyl (C=O) groups is 2. The third-order valence-electron chi connectivity index (χ3n) is 6.42. The van der Waals surface area contributed by atoms with Crippen LogP contribution in [0.4, 0.5) is 0 Å². The lowest BCUT2D eigenvalue weighted by Crippen LogP contribution is -2.26. The first-order valence-corrected chi connectivity index (χ1v) is 12.2. The molecule has 1 aliphatic rings. The maximum atomic E-state index is 12.0. The highest BCUT2D eigenvalue weighted by atomic mass is 16.5. The molecule has 0 aromatic carbocycles. The van der Waals surface area contributed by atoms with Gasteiger partial charge in [0.1, 0.15) is 0 Å². The first-order valence-electron chi connectivity index (χ1n) is 12.2. The molecule has 0 bridgehead atoms. The van der Waals surface area contributed by atoms with Crippen LogP contribution in [0.2, 0.25) is 0 Å². The quantitative estimate of drug-likeness (QED) is 0.169. The Morgan fingerprint density at radius 1 is 0.700 bits per heavy atom. The van der Waals surface area contributed by atoms with Gasteiger partial charge in [-0.2, -0.15) is 0 Å². The molecule has 0 radical (unpaired) electrons. The highest BCUT2D eigenvalue weighted by Crippen LogP contribution is 2.34. The third kappa shape index (κ3) is 9.22. The molecule has 0 unspecified atom stereocenters. The van der Waals surface area contributed by atoms with E-state index in [1.165, 1.54) is 38.5 Å². The van der Waals surface area contributed by atoms with Gasteiger partial charge in [0, 0.05) is 0 Å². The van der Waals surface area contributed by atoms with Gasteiger partial charge in [-0.05, 0) is 106 Å². The predicted molar refractivity (Wildman–Crippen MR) is 123 cm³/mol. The zero-order chi connectivity index (χ0) is 22.6. The van der Waals surface area contributed by atoms with Crippen molar-refractivity contribution < 1.29 is 19.1 Å². The number of unbranched alkanes of at least 4 members (excludes halogenated alkanes) is 2. The van der Waals surface area contributed by atoms with E-state index in [-0.39, 0.29) is 22.8 Å². The summed E-state index contributed by atoms with van der Waals surface area (Å²) in [5.74, 6) is -0.151. The summed E-state index contributed by atoms with van der Waals surface area (Å²) >= 11 is 0. The normalized spacial score (nSPS) is 15.3. The molecule has 0 aromatic rings. The monoisotopic (exact) mass is 422 g/mol. The highest BCUT2D eigenvalue weighted by Gasteiger charge is 2.29. The fraction of sp³-hybridized carbons (Fsp3) is 0.846. The fourth-order valence-electron chi connectivity index (χ4n) is 4.30. The highest BCUT2D eigenvalue weighted by molar-refractivity contribution is 5.76. The van der Waals surface area contributed by atoms with Crippen molar-refractivity contribution in [2.75, 3.05) is 13.2 Å². The van der Waals surface area contributed by atoms with Gasteiger partial charge in [0.15, 0.2) is 0 Å². The molecule has 0 aromatic heterocycles. The number of ether oxygens (including phenoxy) is 2. The molecule has 0 aliphatic heterocycles. The Morgan fingerprint density at radius 2 is 1.07 bits per heavy atom. The predicted octanol–water partition coefficient (Wildman–Crippen LogP) is 7.16. The minimum Gasteiger partial charge on any atom is -0.466 e. The second-order valence-corrected chi connectivity index (χ2v) is 10.0. The third-order valence-corrected chi connectivity index (χ3v) is 6.42. The lowest BCUT2D eigenvalue weighted by atomic mass is 9.83.